The Morgan fingerprint density at radius 3 is 2.70 bits per heavy atom. The molecule has 1 fully saturated rings. The van der Waals surface area contributed by atoms with Crippen LogP contribution >= 0.6 is 35.3 Å². The highest BCUT2D eigenvalue weighted by atomic mass is 127. The van der Waals surface area contributed by atoms with Gasteiger partial charge in [-0.1, -0.05) is 0 Å². The molecule has 1 aromatic rings. The molecule has 0 unspecified atom stereocenters. The first-order valence-electron chi connectivity index (χ1n) is 7.81. The Bertz CT molecular complexity index is 525. The third-order valence-corrected chi connectivity index (χ3v) is 5.02. The number of ether oxygens (including phenoxy) is 1. The molecule has 1 aliphatic heterocycles. The quantitative estimate of drug-likeness (QED) is 0.331. The van der Waals surface area contributed by atoms with Crippen molar-refractivity contribution >= 4 is 47.2 Å². The molecular weight excluding hydrogens is 425 g/mol. The van der Waals surface area contributed by atoms with Crippen molar-refractivity contribution in [2.24, 2.45) is 10.9 Å². The molecule has 1 aliphatic rings. The highest BCUT2D eigenvalue weighted by molar-refractivity contribution is 14.0. The number of carbonyl (C=O) groups is 1. The molecule has 1 aromatic heterocycles. The summed E-state index contributed by atoms with van der Waals surface area (Å²) < 4.78 is 5.11. The van der Waals surface area contributed by atoms with Gasteiger partial charge in [-0.25, -0.2) is 0 Å². The van der Waals surface area contributed by atoms with Crippen LogP contribution in [0.4, 0.5) is 0 Å². The van der Waals surface area contributed by atoms with Crippen LogP contribution in [0.1, 0.15) is 30.2 Å². The zero-order valence-corrected chi connectivity index (χ0v) is 17.1. The molecule has 0 radical (unpaired) electrons. The maximum atomic E-state index is 11.8. The van der Waals surface area contributed by atoms with Crippen molar-refractivity contribution in [3.05, 3.63) is 21.9 Å². The first-order valence-corrected chi connectivity index (χ1v) is 8.68. The molecule has 2 rings (SSSR count). The number of hydrogen-bond donors (Lipinski definition) is 1. The van der Waals surface area contributed by atoms with E-state index in [9.17, 15) is 4.79 Å². The topological polar surface area (TPSA) is 53.9 Å². The smallest absolute Gasteiger partial charge is 0.309 e. The highest BCUT2D eigenvalue weighted by Crippen LogP contribution is 2.19. The summed E-state index contributed by atoms with van der Waals surface area (Å²) in [6.45, 7) is 6.92. The van der Waals surface area contributed by atoms with E-state index in [0.717, 1.165) is 38.4 Å². The number of piperidine rings is 1. The number of guanidine groups is 1. The Morgan fingerprint density at radius 1 is 1.48 bits per heavy atom. The van der Waals surface area contributed by atoms with E-state index in [1.807, 2.05) is 6.92 Å². The van der Waals surface area contributed by atoms with Crippen molar-refractivity contribution in [3.63, 3.8) is 0 Å². The van der Waals surface area contributed by atoms with Crippen LogP contribution in [0, 0.1) is 12.8 Å². The summed E-state index contributed by atoms with van der Waals surface area (Å²) in [5.41, 5.74) is 1.31. The van der Waals surface area contributed by atoms with Gasteiger partial charge in [0.1, 0.15) is 0 Å². The van der Waals surface area contributed by atoms with Crippen LogP contribution in [0.15, 0.2) is 16.4 Å². The van der Waals surface area contributed by atoms with Crippen molar-refractivity contribution in [1.29, 1.82) is 0 Å². The molecule has 0 amide bonds. The average molecular weight is 451 g/mol. The van der Waals surface area contributed by atoms with Crippen molar-refractivity contribution in [2.75, 3.05) is 26.7 Å². The fourth-order valence-corrected chi connectivity index (χ4v) is 3.51. The van der Waals surface area contributed by atoms with E-state index in [2.05, 4.69) is 33.6 Å². The lowest BCUT2D eigenvalue weighted by Crippen LogP contribution is -2.46. The van der Waals surface area contributed by atoms with Gasteiger partial charge < -0.3 is 15.0 Å². The van der Waals surface area contributed by atoms with E-state index in [0.29, 0.717) is 6.61 Å². The molecule has 0 spiro atoms. The maximum Gasteiger partial charge on any atom is 0.309 e. The number of halogens is 1. The number of rotatable bonds is 4. The van der Waals surface area contributed by atoms with Gasteiger partial charge >= 0.3 is 5.97 Å². The number of nitrogens with zero attached hydrogens (tertiary/aromatic N) is 2. The lowest BCUT2D eigenvalue weighted by molar-refractivity contribution is -0.149. The van der Waals surface area contributed by atoms with Crippen molar-refractivity contribution in [2.45, 2.75) is 33.2 Å². The lowest BCUT2D eigenvalue weighted by Gasteiger charge is -2.33. The standard InChI is InChI=1S/C16H25N3O2S.HI/c1-4-21-15(20)13-5-8-19(9-6-13)16(17-3)18-11-14-12(2)7-10-22-14;/h7,10,13H,4-6,8-9,11H2,1-3H3,(H,17,18);1H. The van der Waals surface area contributed by atoms with E-state index in [-0.39, 0.29) is 35.9 Å². The van der Waals surface area contributed by atoms with Gasteiger partial charge in [-0.3, -0.25) is 9.79 Å². The molecule has 1 saturated heterocycles. The zero-order valence-electron chi connectivity index (χ0n) is 14.0. The monoisotopic (exact) mass is 451 g/mol. The Morgan fingerprint density at radius 2 is 2.17 bits per heavy atom. The lowest BCUT2D eigenvalue weighted by atomic mass is 9.97. The second-order valence-electron chi connectivity index (χ2n) is 5.44. The molecule has 7 heteroatoms. The average Bonchev–Trinajstić information content (AvgIpc) is 2.94. The van der Waals surface area contributed by atoms with Gasteiger partial charge in [0.05, 0.1) is 19.1 Å². The van der Waals surface area contributed by atoms with E-state index in [1.54, 1.807) is 18.4 Å². The minimum absolute atomic E-state index is 0. The van der Waals surface area contributed by atoms with Gasteiger partial charge in [-0.05, 0) is 43.7 Å². The molecule has 0 aliphatic carbocycles. The predicted molar refractivity (Wildman–Crippen MR) is 106 cm³/mol. The zero-order chi connectivity index (χ0) is 15.9. The second kappa shape index (κ2) is 10.1. The normalized spacial score (nSPS) is 16.0. The molecule has 0 aromatic carbocycles. The van der Waals surface area contributed by atoms with Crippen LogP contribution in [0.25, 0.3) is 0 Å². The molecule has 1 N–H and O–H groups in total. The molecule has 0 bridgehead atoms. The van der Waals surface area contributed by atoms with Crippen LogP contribution in [-0.4, -0.2) is 43.6 Å². The van der Waals surface area contributed by atoms with Crippen LogP contribution in [0.2, 0.25) is 0 Å². The number of hydrogen-bond acceptors (Lipinski definition) is 4. The largest absolute Gasteiger partial charge is 0.466 e. The van der Waals surface area contributed by atoms with Gasteiger partial charge in [-0.15, -0.1) is 35.3 Å². The van der Waals surface area contributed by atoms with Crippen LogP contribution in [-0.2, 0) is 16.1 Å². The molecule has 23 heavy (non-hydrogen) atoms. The number of thiophene rings is 1. The van der Waals surface area contributed by atoms with E-state index >= 15 is 0 Å². The first-order chi connectivity index (χ1) is 10.7. The summed E-state index contributed by atoms with van der Waals surface area (Å²) in [6.07, 6.45) is 1.66. The predicted octanol–water partition coefficient (Wildman–Crippen LogP) is 3.03. The summed E-state index contributed by atoms with van der Waals surface area (Å²) in [5, 5.41) is 5.53. The third-order valence-electron chi connectivity index (χ3n) is 4.00. The van der Waals surface area contributed by atoms with Crippen LogP contribution in [0.5, 0.6) is 0 Å². The molecule has 0 atom stereocenters. The second-order valence-corrected chi connectivity index (χ2v) is 6.44. The molecule has 2 heterocycles. The van der Waals surface area contributed by atoms with Gasteiger partial charge in [0.15, 0.2) is 5.96 Å². The van der Waals surface area contributed by atoms with Gasteiger partial charge in [0, 0.05) is 25.0 Å². The summed E-state index contributed by atoms with van der Waals surface area (Å²) in [7, 11) is 1.81. The Kier molecular flexibility index (Phi) is 8.90. The van der Waals surface area contributed by atoms with Gasteiger partial charge in [0.25, 0.3) is 0 Å². The fraction of sp³-hybridized carbons (Fsp3) is 0.625. The van der Waals surface area contributed by atoms with Gasteiger partial charge in [0.2, 0.25) is 0 Å². The summed E-state index contributed by atoms with van der Waals surface area (Å²) >= 11 is 1.76. The summed E-state index contributed by atoms with van der Waals surface area (Å²) in [5.74, 6) is 0.892. The fourth-order valence-electron chi connectivity index (χ4n) is 2.66. The summed E-state index contributed by atoms with van der Waals surface area (Å²) in [6, 6.07) is 2.13. The third kappa shape index (κ3) is 5.63. The maximum absolute atomic E-state index is 11.8. The molecule has 5 nitrogen and oxygen atoms in total. The van der Waals surface area contributed by atoms with Crippen molar-refractivity contribution < 1.29 is 9.53 Å². The Hall–Kier alpha value is -0.830. The number of nitrogens with one attached hydrogen (secondary N) is 1. The number of esters is 1. The number of likely N-dealkylation sites (tertiary alicyclic amines) is 1. The number of aliphatic imine (C=N–C) groups is 1. The van der Waals surface area contributed by atoms with E-state index in [1.165, 1.54) is 10.4 Å². The Labute approximate surface area is 159 Å². The number of carbonyl (C=O) groups excluding carboxylic acids is 1. The SMILES string of the molecule is CCOC(=O)C1CCN(C(=NC)NCc2sccc2C)CC1.I. The van der Waals surface area contributed by atoms with E-state index in [4.69, 9.17) is 4.74 Å². The van der Waals surface area contributed by atoms with Crippen molar-refractivity contribution in [3.8, 4) is 0 Å². The first kappa shape index (κ1) is 20.2. The summed E-state index contributed by atoms with van der Waals surface area (Å²) in [4.78, 5) is 19.7. The molecule has 130 valence electrons. The van der Waals surface area contributed by atoms with Gasteiger partial charge in [-0.2, -0.15) is 0 Å². The van der Waals surface area contributed by atoms with E-state index < -0.39 is 0 Å². The van der Waals surface area contributed by atoms with Crippen LogP contribution < -0.4 is 5.32 Å². The minimum atomic E-state index is -0.0562. The Balaban J connectivity index is 0.00000264. The molecule has 0 saturated carbocycles. The highest BCUT2D eigenvalue weighted by Gasteiger charge is 2.27. The van der Waals surface area contributed by atoms with Crippen molar-refractivity contribution in [1.82, 2.24) is 10.2 Å². The minimum Gasteiger partial charge on any atom is -0.466 e. The number of aryl methyl sites for hydroxylation is 1. The van der Waals surface area contributed by atoms with Crippen LogP contribution in [0.3, 0.4) is 0 Å². The molecular formula is C16H26IN3O2S.